The molecule has 1 saturated carbocycles. The van der Waals surface area contributed by atoms with Crippen LogP contribution in [-0.2, 0) is 4.79 Å². The van der Waals surface area contributed by atoms with Crippen molar-refractivity contribution in [1.82, 2.24) is 4.90 Å². The standard InChI is InChI=1S/C14H17Cl2NO2/c1-10-3-5-11(6-4-10)19-8-7-17(2)13(18)12-9-14(12,15)16/h3-6,12H,7-9H2,1-2H3. The quantitative estimate of drug-likeness (QED) is 0.783. The Labute approximate surface area is 123 Å². The average Bonchev–Trinajstić information content (AvgIpc) is 3.00. The molecular formula is C14H17Cl2NO2. The Bertz CT molecular complexity index is 459. The lowest BCUT2D eigenvalue weighted by Gasteiger charge is -2.17. The van der Waals surface area contributed by atoms with Gasteiger partial charge in [0.2, 0.25) is 5.91 Å². The summed E-state index contributed by atoms with van der Waals surface area (Å²) >= 11 is 11.8. The molecule has 0 N–H and O–H groups in total. The first-order valence-electron chi connectivity index (χ1n) is 6.22. The monoisotopic (exact) mass is 301 g/mol. The van der Waals surface area contributed by atoms with Crippen LogP contribution in [0.4, 0.5) is 0 Å². The highest BCUT2D eigenvalue weighted by Gasteiger charge is 2.57. The van der Waals surface area contributed by atoms with Gasteiger partial charge in [-0.1, -0.05) is 17.7 Å². The number of nitrogens with zero attached hydrogens (tertiary/aromatic N) is 1. The first-order valence-corrected chi connectivity index (χ1v) is 6.98. The summed E-state index contributed by atoms with van der Waals surface area (Å²) < 4.78 is 4.72. The number of alkyl halides is 2. The summed E-state index contributed by atoms with van der Waals surface area (Å²) in [4.78, 5) is 13.5. The number of halogens is 2. The van der Waals surface area contributed by atoms with Gasteiger partial charge in [-0.15, -0.1) is 23.2 Å². The number of benzene rings is 1. The lowest BCUT2D eigenvalue weighted by Crippen LogP contribution is -2.33. The van der Waals surface area contributed by atoms with Gasteiger partial charge >= 0.3 is 0 Å². The Morgan fingerprint density at radius 3 is 2.53 bits per heavy atom. The number of hydrogen-bond acceptors (Lipinski definition) is 2. The normalized spacial score (nSPS) is 19.9. The molecule has 0 heterocycles. The topological polar surface area (TPSA) is 29.5 Å². The third kappa shape index (κ3) is 3.77. The molecule has 5 heteroatoms. The molecule has 1 unspecified atom stereocenters. The number of carbonyl (C=O) groups excluding carboxylic acids is 1. The molecule has 1 aromatic rings. The van der Waals surface area contributed by atoms with Crippen molar-refractivity contribution >= 4 is 29.1 Å². The fourth-order valence-corrected chi connectivity index (χ4v) is 2.29. The lowest BCUT2D eigenvalue weighted by molar-refractivity contribution is -0.131. The maximum absolute atomic E-state index is 11.9. The molecule has 19 heavy (non-hydrogen) atoms. The average molecular weight is 302 g/mol. The van der Waals surface area contributed by atoms with Gasteiger partial charge in [0.15, 0.2) is 0 Å². The first-order chi connectivity index (χ1) is 8.90. The van der Waals surface area contributed by atoms with Crippen molar-refractivity contribution in [2.24, 2.45) is 5.92 Å². The molecule has 2 rings (SSSR count). The van der Waals surface area contributed by atoms with E-state index in [4.69, 9.17) is 27.9 Å². The second kappa shape index (κ2) is 5.59. The molecule has 1 aliphatic rings. The van der Waals surface area contributed by atoms with E-state index < -0.39 is 4.33 Å². The second-order valence-electron chi connectivity index (χ2n) is 4.94. The van der Waals surface area contributed by atoms with Crippen LogP contribution in [0.25, 0.3) is 0 Å². The SMILES string of the molecule is Cc1ccc(OCCN(C)C(=O)C2CC2(Cl)Cl)cc1. The van der Waals surface area contributed by atoms with Gasteiger partial charge in [0.05, 0.1) is 12.5 Å². The molecule has 3 nitrogen and oxygen atoms in total. The van der Waals surface area contributed by atoms with Gasteiger partial charge in [-0.25, -0.2) is 0 Å². The van der Waals surface area contributed by atoms with E-state index >= 15 is 0 Å². The zero-order valence-electron chi connectivity index (χ0n) is 11.0. The largest absolute Gasteiger partial charge is 0.492 e. The molecule has 0 aromatic heterocycles. The fraction of sp³-hybridized carbons (Fsp3) is 0.500. The van der Waals surface area contributed by atoms with E-state index in [0.29, 0.717) is 19.6 Å². The smallest absolute Gasteiger partial charge is 0.228 e. The minimum Gasteiger partial charge on any atom is -0.492 e. The van der Waals surface area contributed by atoms with Crippen molar-refractivity contribution in [2.75, 3.05) is 20.2 Å². The third-order valence-electron chi connectivity index (χ3n) is 3.22. The zero-order chi connectivity index (χ0) is 14.0. The molecule has 1 amide bonds. The van der Waals surface area contributed by atoms with E-state index in [0.717, 1.165) is 5.75 Å². The predicted octanol–water partition coefficient (Wildman–Crippen LogP) is 3.03. The number of amides is 1. The van der Waals surface area contributed by atoms with Crippen molar-refractivity contribution in [1.29, 1.82) is 0 Å². The Kier molecular flexibility index (Phi) is 4.26. The molecule has 1 aliphatic carbocycles. The number of carbonyl (C=O) groups is 1. The molecule has 0 radical (unpaired) electrons. The molecule has 0 spiro atoms. The van der Waals surface area contributed by atoms with E-state index in [1.807, 2.05) is 31.2 Å². The van der Waals surface area contributed by atoms with Gasteiger partial charge in [0.1, 0.15) is 16.7 Å². The van der Waals surface area contributed by atoms with Crippen LogP contribution in [0, 0.1) is 12.8 Å². The molecule has 0 bridgehead atoms. The number of hydrogen-bond donors (Lipinski definition) is 0. The van der Waals surface area contributed by atoms with Crippen molar-refractivity contribution < 1.29 is 9.53 Å². The highest BCUT2D eigenvalue weighted by atomic mass is 35.5. The Hall–Kier alpha value is -0.930. The fourth-order valence-electron chi connectivity index (χ4n) is 1.79. The predicted molar refractivity (Wildman–Crippen MR) is 76.9 cm³/mol. The second-order valence-corrected chi connectivity index (χ2v) is 6.48. The number of likely N-dealkylation sites (N-methyl/N-ethyl adjacent to an activating group) is 1. The van der Waals surface area contributed by atoms with Crippen LogP contribution in [0.5, 0.6) is 5.75 Å². The summed E-state index contributed by atoms with van der Waals surface area (Å²) in [5, 5.41) is 0. The van der Waals surface area contributed by atoms with Gasteiger partial charge in [-0.2, -0.15) is 0 Å². The van der Waals surface area contributed by atoms with Crippen molar-refractivity contribution in [2.45, 2.75) is 17.7 Å². The zero-order valence-corrected chi connectivity index (χ0v) is 12.5. The van der Waals surface area contributed by atoms with E-state index in [2.05, 4.69) is 0 Å². The summed E-state index contributed by atoms with van der Waals surface area (Å²) in [6.07, 6.45) is 0.540. The minimum absolute atomic E-state index is 0.0162. The highest BCUT2D eigenvalue weighted by molar-refractivity contribution is 6.52. The van der Waals surface area contributed by atoms with Crippen LogP contribution < -0.4 is 4.74 Å². The summed E-state index contributed by atoms with van der Waals surface area (Å²) in [7, 11) is 1.74. The van der Waals surface area contributed by atoms with E-state index in [1.54, 1.807) is 11.9 Å². The van der Waals surface area contributed by atoms with Gasteiger partial charge < -0.3 is 9.64 Å². The molecular weight excluding hydrogens is 285 g/mol. The van der Waals surface area contributed by atoms with Crippen LogP contribution >= 0.6 is 23.2 Å². The number of ether oxygens (including phenoxy) is 1. The van der Waals surface area contributed by atoms with Crippen LogP contribution in [0.2, 0.25) is 0 Å². The molecule has 1 atom stereocenters. The van der Waals surface area contributed by atoms with Crippen LogP contribution in [0.15, 0.2) is 24.3 Å². The van der Waals surface area contributed by atoms with Crippen molar-refractivity contribution in [3.05, 3.63) is 29.8 Å². The maximum atomic E-state index is 11.9. The van der Waals surface area contributed by atoms with Gasteiger partial charge in [0.25, 0.3) is 0 Å². The summed E-state index contributed by atoms with van der Waals surface area (Å²) in [6, 6.07) is 7.81. The van der Waals surface area contributed by atoms with E-state index in [-0.39, 0.29) is 11.8 Å². The Balaban J connectivity index is 1.73. The van der Waals surface area contributed by atoms with Crippen molar-refractivity contribution in [3.8, 4) is 5.75 Å². The molecule has 0 saturated heterocycles. The number of rotatable bonds is 5. The molecule has 1 fully saturated rings. The summed E-state index contributed by atoms with van der Waals surface area (Å²) in [6.45, 7) is 3.00. The minimum atomic E-state index is -0.858. The third-order valence-corrected chi connectivity index (χ3v) is 4.05. The number of aryl methyl sites for hydroxylation is 1. The Morgan fingerprint density at radius 1 is 1.42 bits per heavy atom. The molecule has 1 aromatic carbocycles. The lowest BCUT2D eigenvalue weighted by atomic mass is 10.2. The van der Waals surface area contributed by atoms with E-state index in [9.17, 15) is 4.79 Å². The van der Waals surface area contributed by atoms with Crippen LogP contribution in [0.3, 0.4) is 0 Å². The molecule has 0 aliphatic heterocycles. The van der Waals surface area contributed by atoms with Gasteiger partial charge in [-0.05, 0) is 25.5 Å². The highest BCUT2D eigenvalue weighted by Crippen LogP contribution is 2.53. The summed E-state index contributed by atoms with van der Waals surface area (Å²) in [5.74, 6) is 0.527. The van der Waals surface area contributed by atoms with Gasteiger partial charge in [-0.3, -0.25) is 4.79 Å². The molecule has 104 valence electrons. The van der Waals surface area contributed by atoms with Crippen LogP contribution in [0.1, 0.15) is 12.0 Å². The Morgan fingerprint density at radius 2 is 2.00 bits per heavy atom. The van der Waals surface area contributed by atoms with Crippen molar-refractivity contribution in [3.63, 3.8) is 0 Å². The van der Waals surface area contributed by atoms with Crippen LogP contribution in [-0.4, -0.2) is 35.3 Å². The maximum Gasteiger partial charge on any atom is 0.228 e. The van der Waals surface area contributed by atoms with E-state index in [1.165, 1.54) is 5.56 Å². The first kappa shape index (κ1) is 14.5. The summed E-state index contributed by atoms with van der Waals surface area (Å²) in [5.41, 5.74) is 1.19. The van der Waals surface area contributed by atoms with Gasteiger partial charge in [0, 0.05) is 7.05 Å².